The first-order chi connectivity index (χ1) is 12.9. The summed E-state index contributed by atoms with van der Waals surface area (Å²) in [6.07, 6.45) is 3.10. The van der Waals surface area contributed by atoms with Gasteiger partial charge in [-0.2, -0.15) is 0 Å². The van der Waals surface area contributed by atoms with E-state index in [9.17, 15) is 14.0 Å². The fraction of sp³-hybridized carbons (Fsp3) is 0.421. The first-order valence-corrected chi connectivity index (χ1v) is 9.07. The molecule has 142 valence electrons. The van der Waals surface area contributed by atoms with Crippen molar-refractivity contribution in [3.63, 3.8) is 0 Å². The van der Waals surface area contributed by atoms with E-state index in [1.807, 2.05) is 0 Å². The molecule has 0 amide bonds. The average molecular weight is 371 g/mol. The van der Waals surface area contributed by atoms with Crippen LogP contribution in [0.4, 0.5) is 4.39 Å². The molecule has 1 aliphatic carbocycles. The van der Waals surface area contributed by atoms with Crippen molar-refractivity contribution in [3.05, 3.63) is 62.3 Å². The number of rotatable bonds is 6. The molecule has 2 heterocycles. The van der Waals surface area contributed by atoms with Crippen LogP contribution in [-0.4, -0.2) is 36.6 Å². The summed E-state index contributed by atoms with van der Waals surface area (Å²) in [6.45, 7) is 1.40. The van der Waals surface area contributed by atoms with E-state index >= 15 is 0 Å². The number of H-pyrrole nitrogens is 1. The van der Waals surface area contributed by atoms with E-state index in [0.717, 1.165) is 35.9 Å². The number of hydrogen-bond acceptors (Lipinski definition) is 4. The van der Waals surface area contributed by atoms with Crippen LogP contribution in [-0.2, 0) is 27.1 Å². The van der Waals surface area contributed by atoms with Crippen LogP contribution in [0.1, 0.15) is 24.2 Å². The Morgan fingerprint density at radius 3 is 2.56 bits per heavy atom. The lowest BCUT2D eigenvalue weighted by Gasteiger charge is -2.20. The molecule has 27 heavy (non-hydrogen) atoms. The molecule has 1 aromatic carbocycles. The standard InChI is InChI=1S/C19H22FN5O2/c1-23-17-16(18(26)24(2)19(23)27)21-15(22-17)11-25(14-7-8-14)10-9-12-3-5-13(20)6-4-12/h3-6,14H,7-11H2,1-2H3,(H,21,22). The maximum atomic E-state index is 13.1. The highest BCUT2D eigenvalue weighted by Gasteiger charge is 2.29. The molecule has 0 aliphatic heterocycles. The van der Waals surface area contributed by atoms with Gasteiger partial charge in [-0.1, -0.05) is 12.1 Å². The average Bonchev–Trinajstić information content (AvgIpc) is 3.42. The fourth-order valence-electron chi connectivity index (χ4n) is 3.40. The zero-order chi connectivity index (χ0) is 19.1. The van der Waals surface area contributed by atoms with E-state index in [4.69, 9.17) is 0 Å². The molecule has 0 atom stereocenters. The van der Waals surface area contributed by atoms with Gasteiger partial charge in [0.2, 0.25) is 0 Å². The minimum atomic E-state index is -0.388. The molecule has 0 bridgehead atoms. The van der Waals surface area contributed by atoms with E-state index in [1.54, 1.807) is 19.2 Å². The molecule has 0 saturated heterocycles. The molecule has 1 aliphatic rings. The quantitative estimate of drug-likeness (QED) is 0.709. The number of benzene rings is 1. The summed E-state index contributed by atoms with van der Waals surface area (Å²) in [5.74, 6) is 0.446. The van der Waals surface area contributed by atoms with Crippen LogP contribution in [0.2, 0.25) is 0 Å². The lowest BCUT2D eigenvalue weighted by molar-refractivity contribution is 0.252. The molecular formula is C19H22FN5O2. The number of aromatic amines is 1. The van der Waals surface area contributed by atoms with E-state index in [1.165, 1.54) is 23.7 Å². The van der Waals surface area contributed by atoms with Crippen LogP contribution in [0, 0.1) is 5.82 Å². The lowest BCUT2D eigenvalue weighted by Crippen LogP contribution is -2.36. The van der Waals surface area contributed by atoms with Crippen LogP contribution < -0.4 is 11.2 Å². The number of nitrogens with zero attached hydrogens (tertiary/aromatic N) is 4. The summed E-state index contributed by atoms with van der Waals surface area (Å²) >= 11 is 0. The number of aryl methyl sites for hydroxylation is 1. The zero-order valence-corrected chi connectivity index (χ0v) is 15.4. The molecule has 1 fully saturated rings. The monoisotopic (exact) mass is 371 g/mol. The maximum absolute atomic E-state index is 13.1. The van der Waals surface area contributed by atoms with Crippen molar-refractivity contribution in [2.75, 3.05) is 6.54 Å². The summed E-state index contributed by atoms with van der Waals surface area (Å²) < 4.78 is 15.5. The molecule has 0 radical (unpaired) electrons. The number of hydrogen-bond donors (Lipinski definition) is 1. The van der Waals surface area contributed by atoms with Crippen LogP contribution in [0.25, 0.3) is 11.2 Å². The van der Waals surface area contributed by atoms with Crippen molar-refractivity contribution in [3.8, 4) is 0 Å². The summed E-state index contributed by atoms with van der Waals surface area (Å²) in [4.78, 5) is 34.3. The summed E-state index contributed by atoms with van der Waals surface area (Å²) in [7, 11) is 3.08. The van der Waals surface area contributed by atoms with E-state index < -0.39 is 0 Å². The van der Waals surface area contributed by atoms with Crippen molar-refractivity contribution < 1.29 is 4.39 Å². The summed E-state index contributed by atoms with van der Waals surface area (Å²) in [6, 6.07) is 7.08. The summed E-state index contributed by atoms with van der Waals surface area (Å²) in [5.41, 5.74) is 1.07. The Bertz CT molecular complexity index is 1090. The SMILES string of the molecule is Cn1c(=O)c2[nH]c(CN(CCc3ccc(F)cc3)C3CC3)nc2n(C)c1=O. The van der Waals surface area contributed by atoms with Gasteiger partial charge in [0.05, 0.1) is 6.54 Å². The lowest BCUT2D eigenvalue weighted by atomic mass is 10.1. The number of aromatic nitrogens is 4. The smallest absolute Gasteiger partial charge is 0.332 e. The molecular weight excluding hydrogens is 349 g/mol. The Morgan fingerprint density at radius 1 is 1.19 bits per heavy atom. The van der Waals surface area contributed by atoms with Gasteiger partial charge in [-0.05, 0) is 37.0 Å². The van der Waals surface area contributed by atoms with Crippen molar-refractivity contribution in [2.45, 2.75) is 31.8 Å². The molecule has 1 saturated carbocycles. The third-order valence-corrected chi connectivity index (χ3v) is 5.16. The van der Waals surface area contributed by atoms with Gasteiger partial charge in [-0.25, -0.2) is 14.2 Å². The molecule has 7 nitrogen and oxygen atoms in total. The second kappa shape index (κ2) is 6.77. The second-order valence-electron chi connectivity index (χ2n) is 7.17. The minimum Gasteiger partial charge on any atom is -0.335 e. The van der Waals surface area contributed by atoms with Crippen molar-refractivity contribution >= 4 is 11.2 Å². The Kier molecular flexibility index (Phi) is 4.43. The Balaban J connectivity index is 1.56. The first kappa shape index (κ1) is 17.7. The van der Waals surface area contributed by atoms with E-state index in [0.29, 0.717) is 29.6 Å². The molecule has 3 aromatic rings. The van der Waals surface area contributed by atoms with Crippen LogP contribution >= 0.6 is 0 Å². The van der Waals surface area contributed by atoms with Crippen molar-refractivity contribution in [2.24, 2.45) is 14.1 Å². The minimum absolute atomic E-state index is 0.229. The van der Waals surface area contributed by atoms with Gasteiger partial charge in [-0.15, -0.1) is 0 Å². The second-order valence-corrected chi connectivity index (χ2v) is 7.17. The predicted molar refractivity (Wildman–Crippen MR) is 100 cm³/mol. The van der Waals surface area contributed by atoms with Gasteiger partial charge in [-0.3, -0.25) is 18.8 Å². The van der Waals surface area contributed by atoms with E-state index in [2.05, 4.69) is 14.9 Å². The zero-order valence-electron chi connectivity index (χ0n) is 15.4. The Labute approximate surface area is 155 Å². The number of imidazole rings is 1. The Morgan fingerprint density at radius 2 is 1.89 bits per heavy atom. The van der Waals surface area contributed by atoms with Gasteiger partial charge < -0.3 is 4.98 Å². The first-order valence-electron chi connectivity index (χ1n) is 9.07. The van der Waals surface area contributed by atoms with Gasteiger partial charge >= 0.3 is 5.69 Å². The molecule has 4 rings (SSSR count). The highest BCUT2D eigenvalue weighted by Crippen LogP contribution is 2.28. The Hall–Kier alpha value is -2.74. The van der Waals surface area contributed by atoms with Crippen LogP contribution in [0.5, 0.6) is 0 Å². The predicted octanol–water partition coefficient (Wildman–Crippen LogP) is 1.31. The number of nitrogens with one attached hydrogen (secondary N) is 1. The van der Waals surface area contributed by atoms with Crippen LogP contribution in [0.15, 0.2) is 33.9 Å². The third-order valence-electron chi connectivity index (χ3n) is 5.16. The molecule has 2 aromatic heterocycles. The fourth-order valence-corrected chi connectivity index (χ4v) is 3.40. The van der Waals surface area contributed by atoms with Gasteiger partial charge in [0.15, 0.2) is 5.65 Å². The third kappa shape index (κ3) is 3.44. The molecule has 0 spiro atoms. The number of fused-ring (bicyclic) bond motifs is 1. The van der Waals surface area contributed by atoms with Crippen molar-refractivity contribution in [1.29, 1.82) is 0 Å². The molecule has 0 unspecified atom stereocenters. The number of halogens is 1. The van der Waals surface area contributed by atoms with Gasteiger partial charge in [0.1, 0.15) is 17.2 Å². The van der Waals surface area contributed by atoms with Gasteiger partial charge in [0.25, 0.3) is 5.56 Å². The molecule has 1 N–H and O–H groups in total. The normalized spacial score (nSPS) is 14.4. The van der Waals surface area contributed by atoms with Gasteiger partial charge in [0, 0.05) is 26.7 Å². The largest absolute Gasteiger partial charge is 0.335 e. The van der Waals surface area contributed by atoms with Crippen LogP contribution in [0.3, 0.4) is 0 Å². The summed E-state index contributed by atoms with van der Waals surface area (Å²) in [5, 5.41) is 0. The van der Waals surface area contributed by atoms with Crippen molar-refractivity contribution in [1.82, 2.24) is 24.0 Å². The maximum Gasteiger partial charge on any atom is 0.332 e. The highest BCUT2D eigenvalue weighted by atomic mass is 19.1. The highest BCUT2D eigenvalue weighted by molar-refractivity contribution is 5.69. The topological polar surface area (TPSA) is 75.9 Å². The molecule has 8 heteroatoms. The van der Waals surface area contributed by atoms with E-state index in [-0.39, 0.29) is 17.1 Å².